The first-order valence-corrected chi connectivity index (χ1v) is 6.19. The molecule has 100 valence electrons. The summed E-state index contributed by atoms with van der Waals surface area (Å²) in [6, 6.07) is 6.36. The number of hydrogen-bond acceptors (Lipinski definition) is 5. The van der Waals surface area contributed by atoms with Gasteiger partial charge in [-0.05, 0) is 25.0 Å². The van der Waals surface area contributed by atoms with Gasteiger partial charge in [0.25, 0.3) is 0 Å². The number of para-hydroxylation sites is 1. The minimum absolute atomic E-state index is 0.0217. The molecular formula is C13H15N3O3. The molecule has 0 bridgehead atoms. The maximum atomic E-state index is 11.0. The van der Waals surface area contributed by atoms with Crippen molar-refractivity contribution >= 4 is 11.4 Å². The summed E-state index contributed by atoms with van der Waals surface area (Å²) >= 11 is 0. The maximum Gasteiger partial charge on any atom is 0.309 e. The lowest BCUT2D eigenvalue weighted by molar-refractivity contribution is -0.384. The third-order valence-electron chi connectivity index (χ3n) is 3.48. The van der Waals surface area contributed by atoms with E-state index in [1.54, 1.807) is 12.1 Å². The van der Waals surface area contributed by atoms with Crippen LogP contribution < -0.4 is 5.32 Å². The summed E-state index contributed by atoms with van der Waals surface area (Å²) in [4.78, 5) is 10.5. The summed E-state index contributed by atoms with van der Waals surface area (Å²) in [5, 5.41) is 33.0. The van der Waals surface area contributed by atoms with Gasteiger partial charge in [0.15, 0.2) is 0 Å². The molecule has 1 fully saturated rings. The van der Waals surface area contributed by atoms with Crippen LogP contribution in [-0.4, -0.2) is 22.2 Å². The summed E-state index contributed by atoms with van der Waals surface area (Å²) in [5.41, 5.74) is -0.722. The Morgan fingerprint density at radius 1 is 1.47 bits per heavy atom. The van der Waals surface area contributed by atoms with E-state index in [9.17, 15) is 15.2 Å². The van der Waals surface area contributed by atoms with E-state index >= 15 is 0 Å². The van der Waals surface area contributed by atoms with Gasteiger partial charge in [-0.3, -0.25) is 10.1 Å². The maximum absolute atomic E-state index is 11.0. The van der Waals surface area contributed by atoms with Gasteiger partial charge >= 0.3 is 5.69 Å². The fraction of sp³-hybridized carbons (Fsp3) is 0.462. The molecule has 1 aromatic rings. The van der Waals surface area contributed by atoms with Gasteiger partial charge in [-0.1, -0.05) is 18.9 Å². The molecule has 6 heteroatoms. The molecule has 0 amide bonds. The predicted octanol–water partition coefficient (Wildman–Crippen LogP) is 2.18. The Labute approximate surface area is 110 Å². The topological polar surface area (TPSA) is 99.2 Å². The van der Waals surface area contributed by atoms with Crippen molar-refractivity contribution in [2.45, 2.75) is 31.3 Å². The molecule has 0 saturated heterocycles. The molecule has 6 nitrogen and oxygen atoms in total. The average molecular weight is 261 g/mol. The molecular weight excluding hydrogens is 246 g/mol. The fourth-order valence-corrected chi connectivity index (χ4v) is 2.44. The summed E-state index contributed by atoms with van der Waals surface area (Å²) in [7, 11) is 0. The first-order valence-electron chi connectivity index (χ1n) is 6.19. The minimum Gasteiger partial charge on any atom is -0.388 e. The molecule has 1 aliphatic carbocycles. The number of rotatable bonds is 4. The number of aliphatic hydroxyl groups is 1. The largest absolute Gasteiger partial charge is 0.388 e. The van der Waals surface area contributed by atoms with E-state index < -0.39 is 10.5 Å². The van der Waals surface area contributed by atoms with Crippen molar-refractivity contribution in [1.82, 2.24) is 0 Å². The number of nitrogens with zero attached hydrogens (tertiary/aromatic N) is 2. The summed E-state index contributed by atoms with van der Waals surface area (Å²) in [6.07, 6.45) is 3.34. The highest BCUT2D eigenvalue weighted by molar-refractivity contribution is 5.68. The van der Waals surface area contributed by atoms with Crippen LogP contribution in [0.2, 0.25) is 0 Å². The summed E-state index contributed by atoms with van der Waals surface area (Å²) in [5.74, 6) is 0. The standard InChI is InChI=1S/C13H15N3O3/c14-8-10-4-3-5-11(12(10)16(18)19)15-9-13(17)6-1-2-7-13/h3-5,15,17H,1-2,6-7,9H2. The molecule has 0 spiro atoms. The molecule has 0 unspecified atom stereocenters. The van der Waals surface area contributed by atoms with Gasteiger partial charge in [0.2, 0.25) is 0 Å². The van der Waals surface area contributed by atoms with Gasteiger partial charge in [-0.2, -0.15) is 5.26 Å². The van der Waals surface area contributed by atoms with Crippen molar-refractivity contribution in [2.75, 3.05) is 11.9 Å². The molecule has 19 heavy (non-hydrogen) atoms. The SMILES string of the molecule is N#Cc1cccc(NCC2(O)CCCC2)c1[N+](=O)[O-]. The van der Waals surface area contributed by atoms with Crippen LogP contribution in [0.1, 0.15) is 31.2 Å². The zero-order valence-corrected chi connectivity index (χ0v) is 10.4. The van der Waals surface area contributed by atoms with Crippen LogP contribution in [0.5, 0.6) is 0 Å². The quantitative estimate of drug-likeness (QED) is 0.639. The number of benzene rings is 1. The zero-order chi connectivity index (χ0) is 13.9. The van der Waals surface area contributed by atoms with Crippen LogP contribution in [0.25, 0.3) is 0 Å². The van der Waals surface area contributed by atoms with E-state index in [2.05, 4.69) is 5.32 Å². The lowest BCUT2D eigenvalue weighted by Crippen LogP contribution is -2.33. The Morgan fingerprint density at radius 2 is 2.16 bits per heavy atom. The Morgan fingerprint density at radius 3 is 2.74 bits per heavy atom. The molecule has 1 aromatic carbocycles. The minimum atomic E-state index is -0.795. The number of nitro groups is 1. The normalized spacial score (nSPS) is 16.8. The number of hydrogen-bond donors (Lipinski definition) is 2. The van der Waals surface area contributed by atoms with E-state index in [1.807, 2.05) is 6.07 Å². The predicted molar refractivity (Wildman–Crippen MR) is 69.7 cm³/mol. The molecule has 1 aliphatic rings. The molecule has 0 radical (unpaired) electrons. The fourth-order valence-electron chi connectivity index (χ4n) is 2.44. The highest BCUT2D eigenvalue weighted by atomic mass is 16.6. The van der Waals surface area contributed by atoms with Gasteiger partial charge in [0.1, 0.15) is 17.3 Å². The van der Waals surface area contributed by atoms with Crippen LogP contribution in [0.15, 0.2) is 18.2 Å². The molecule has 0 heterocycles. The second kappa shape index (κ2) is 5.24. The zero-order valence-electron chi connectivity index (χ0n) is 10.4. The summed E-state index contributed by atoms with van der Waals surface area (Å²) < 4.78 is 0. The second-order valence-corrected chi connectivity index (χ2v) is 4.86. The smallest absolute Gasteiger partial charge is 0.309 e. The molecule has 2 rings (SSSR count). The Bertz CT molecular complexity index is 530. The molecule has 2 N–H and O–H groups in total. The van der Waals surface area contributed by atoms with Crippen molar-refractivity contribution < 1.29 is 10.0 Å². The van der Waals surface area contributed by atoms with E-state index in [0.29, 0.717) is 12.8 Å². The number of nitriles is 1. The molecule has 0 aliphatic heterocycles. The number of anilines is 1. The van der Waals surface area contributed by atoms with Crippen LogP contribution in [0, 0.1) is 21.4 Å². The van der Waals surface area contributed by atoms with E-state index in [-0.39, 0.29) is 23.5 Å². The summed E-state index contributed by atoms with van der Waals surface area (Å²) in [6.45, 7) is 0.267. The van der Waals surface area contributed by atoms with Crippen LogP contribution in [0.4, 0.5) is 11.4 Å². The van der Waals surface area contributed by atoms with E-state index in [4.69, 9.17) is 5.26 Å². The Hall–Kier alpha value is -2.13. The first kappa shape index (κ1) is 13.3. The monoisotopic (exact) mass is 261 g/mol. The van der Waals surface area contributed by atoms with Gasteiger partial charge in [-0.15, -0.1) is 0 Å². The third-order valence-corrected chi connectivity index (χ3v) is 3.48. The van der Waals surface area contributed by atoms with E-state index in [0.717, 1.165) is 12.8 Å². The lowest BCUT2D eigenvalue weighted by atomic mass is 10.0. The van der Waals surface area contributed by atoms with Crippen molar-refractivity contribution in [3.05, 3.63) is 33.9 Å². The third kappa shape index (κ3) is 2.83. The van der Waals surface area contributed by atoms with Crippen LogP contribution in [-0.2, 0) is 0 Å². The molecule has 0 atom stereocenters. The van der Waals surface area contributed by atoms with Crippen molar-refractivity contribution in [3.63, 3.8) is 0 Å². The van der Waals surface area contributed by atoms with Gasteiger partial charge < -0.3 is 10.4 Å². The highest BCUT2D eigenvalue weighted by Gasteiger charge is 2.31. The second-order valence-electron chi connectivity index (χ2n) is 4.86. The number of nitro benzene ring substituents is 1. The molecule has 1 saturated carbocycles. The Balaban J connectivity index is 2.21. The van der Waals surface area contributed by atoms with E-state index in [1.165, 1.54) is 6.07 Å². The Kier molecular flexibility index (Phi) is 3.67. The number of nitrogens with one attached hydrogen (secondary N) is 1. The average Bonchev–Trinajstić information content (AvgIpc) is 2.83. The lowest BCUT2D eigenvalue weighted by Gasteiger charge is -2.22. The first-order chi connectivity index (χ1) is 9.06. The van der Waals surface area contributed by atoms with Crippen LogP contribution >= 0.6 is 0 Å². The van der Waals surface area contributed by atoms with Crippen molar-refractivity contribution in [1.29, 1.82) is 5.26 Å². The highest BCUT2D eigenvalue weighted by Crippen LogP contribution is 2.32. The van der Waals surface area contributed by atoms with Gasteiger partial charge in [0.05, 0.1) is 10.5 Å². The van der Waals surface area contributed by atoms with Crippen LogP contribution in [0.3, 0.4) is 0 Å². The van der Waals surface area contributed by atoms with Crippen molar-refractivity contribution in [2.24, 2.45) is 0 Å². The molecule has 0 aromatic heterocycles. The van der Waals surface area contributed by atoms with Gasteiger partial charge in [0, 0.05) is 6.54 Å². The van der Waals surface area contributed by atoms with Gasteiger partial charge in [-0.25, -0.2) is 0 Å². The van der Waals surface area contributed by atoms with Crippen molar-refractivity contribution in [3.8, 4) is 6.07 Å².